The van der Waals surface area contributed by atoms with E-state index in [0.717, 1.165) is 0 Å². The highest BCUT2D eigenvalue weighted by Crippen LogP contribution is 2.35. The monoisotopic (exact) mass is 250 g/mol. The summed E-state index contributed by atoms with van der Waals surface area (Å²) in [4.78, 5) is 11.1. The van der Waals surface area contributed by atoms with Crippen molar-refractivity contribution >= 4 is 15.8 Å². The van der Waals surface area contributed by atoms with Crippen LogP contribution in [0.4, 0.5) is 0 Å². The second-order valence-corrected chi connectivity index (χ2v) is 7.01. The minimum Gasteiger partial charge on any atom is -0.479 e. The molecule has 0 aromatic rings. The molecule has 0 bridgehead atoms. The third-order valence-electron chi connectivity index (χ3n) is 3.40. The molecular formula is C10H18O5S. The van der Waals surface area contributed by atoms with Crippen LogP contribution in [0.15, 0.2) is 0 Å². The average Bonchev–Trinajstić information content (AvgIpc) is 2.15. The molecule has 0 saturated carbocycles. The van der Waals surface area contributed by atoms with Crippen LogP contribution in [0.5, 0.6) is 0 Å². The Hall–Kier alpha value is -0.620. The summed E-state index contributed by atoms with van der Waals surface area (Å²) in [7, 11) is -3.03. The van der Waals surface area contributed by atoms with E-state index in [9.17, 15) is 18.3 Å². The maximum Gasteiger partial charge on any atom is 0.336 e. The van der Waals surface area contributed by atoms with Crippen LogP contribution >= 0.6 is 0 Å². The summed E-state index contributed by atoms with van der Waals surface area (Å²) >= 11 is 0. The van der Waals surface area contributed by atoms with Gasteiger partial charge in [0.2, 0.25) is 0 Å². The lowest BCUT2D eigenvalue weighted by atomic mass is 9.75. The molecule has 1 heterocycles. The fourth-order valence-corrected chi connectivity index (χ4v) is 3.71. The highest BCUT2D eigenvalue weighted by Gasteiger charge is 2.48. The van der Waals surface area contributed by atoms with Crippen molar-refractivity contribution in [2.24, 2.45) is 11.8 Å². The summed E-state index contributed by atoms with van der Waals surface area (Å²) in [5, 5.41) is 19.3. The Morgan fingerprint density at radius 2 is 1.75 bits per heavy atom. The predicted octanol–water partition coefficient (Wildman–Crippen LogP) is 0.283. The quantitative estimate of drug-likeness (QED) is 0.750. The molecule has 2 N–H and O–H groups in total. The number of carbonyl (C=O) groups is 1. The molecule has 0 aromatic carbocycles. The van der Waals surface area contributed by atoms with Gasteiger partial charge in [-0.05, 0) is 18.8 Å². The Balaban J connectivity index is 2.88. The fourth-order valence-electron chi connectivity index (χ4n) is 2.22. The van der Waals surface area contributed by atoms with Crippen molar-refractivity contribution in [2.75, 3.05) is 11.5 Å². The first-order valence-corrected chi connectivity index (χ1v) is 7.18. The van der Waals surface area contributed by atoms with Crippen LogP contribution < -0.4 is 0 Å². The molecule has 1 rings (SSSR count). The van der Waals surface area contributed by atoms with E-state index in [1.807, 2.05) is 0 Å². The van der Waals surface area contributed by atoms with Crippen molar-refractivity contribution < 1.29 is 23.4 Å². The van der Waals surface area contributed by atoms with Crippen LogP contribution in [0, 0.1) is 11.8 Å². The van der Waals surface area contributed by atoms with Crippen molar-refractivity contribution in [3.8, 4) is 0 Å². The molecule has 1 unspecified atom stereocenters. The third kappa shape index (κ3) is 2.38. The number of carboxylic acid groups (broad SMARTS) is 1. The molecule has 0 aliphatic carbocycles. The standard InChI is InChI=1S/C10H18O5S/c1-7(2)10(13,9(11)12)8-3-5-16(14,15)6-4-8/h7-8,13H,3-6H2,1-2H3,(H,11,12). The summed E-state index contributed by atoms with van der Waals surface area (Å²) in [6.45, 7) is 3.27. The molecule has 94 valence electrons. The molecule has 0 amide bonds. The lowest BCUT2D eigenvalue weighted by Crippen LogP contribution is -2.52. The summed E-state index contributed by atoms with van der Waals surface area (Å²) in [6.07, 6.45) is 0.451. The molecular weight excluding hydrogens is 232 g/mol. The summed E-state index contributed by atoms with van der Waals surface area (Å²) in [5.41, 5.74) is -1.81. The van der Waals surface area contributed by atoms with Gasteiger partial charge in [-0.3, -0.25) is 0 Å². The average molecular weight is 250 g/mol. The zero-order chi connectivity index (χ0) is 12.6. The number of hydrogen-bond donors (Lipinski definition) is 2. The van der Waals surface area contributed by atoms with Crippen LogP contribution in [0.1, 0.15) is 26.7 Å². The van der Waals surface area contributed by atoms with Gasteiger partial charge in [-0.2, -0.15) is 0 Å². The lowest BCUT2D eigenvalue weighted by molar-refractivity contribution is -0.172. The number of aliphatic carboxylic acids is 1. The van der Waals surface area contributed by atoms with Gasteiger partial charge in [0.25, 0.3) is 0 Å². The number of sulfone groups is 1. The first-order chi connectivity index (χ1) is 7.20. The van der Waals surface area contributed by atoms with E-state index in [1.165, 1.54) is 0 Å². The Labute approximate surface area is 95.4 Å². The van der Waals surface area contributed by atoms with Crippen molar-refractivity contribution in [3.05, 3.63) is 0 Å². The van der Waals surface area contributed by atoms with E-state index < -0.39 is 33.2 Å². The van der Waals surface area contributed by atoms with Gasteiger partial charge in [-0.1, -0.05) is 13.8 Å². The van der Waals surface area contributed by atoms with E-state index in [-0.39, 0.29) is 24.3 Å². The lowest BCUT2D eigenvalue weighted by Gasteiger charge is -2.37. The third-order valence-corrected chi connectivity index (χ3v) is 5.12. The number of rotatable bonds is 3. The van der Waals surface area contributed by atoms with Gasteiger partial charge in [-0.25, -0.2) is 13.2 Å². The van der Waals surface area contributed by atoms with Gasteiger partial charge in [0.05, 0.1) is 11.5 Å². The summed E-state index contributed by atoms with van der Waals surface area (Å²) in [6, 6.07) is 0. The Morgan fingerprint density at radius 3 is 2.06 bits per heavy atom. The highest BCUT2D eigenvalue weighted by atomic mass is 32.2. The first kappa shape index (κ1) is 13.4. The van der Waals surface area contributed by atoms with Gasteiger partial charge in [0.1, 0.15) is 9.84 Å². The molecule has 1 aliphatic rings. The maximum absolute atomic E-state index is 11.2. The second kappa shape index (κ2) is 4.33. The van der Waals surface area contributed by atoms with Crippen LogP contribution in [0.3, 0.4) is 0 Å². The molecule has 1 fully saturated rings. The van der Waals surface area contributed by atoms with Gasteiger partial charge in [0.15, 0.2) is 5.60 Å². The normalized spacial score (nSPS) is 25.2. The molecule has 6 heteroatoms. The number of aliphatic hydroxyl groups is 1. The van der Waals surface area contributed by atoms with Gasteiger partial charge < -0.3 is 10.2 Å². The molecule has 0 radical (unpaired) electrons. The molecule has 1 saturated heterocycles. The van der Waals surface area contributed by atoms with Gasteiger partial charge >= 0.3 is 5.97 Å². The highest BCUT2D eigenvalue weighted by molar-refractivity contribution is 7.91. The van der Waals surface area contributed by atoms with Crippen molar-refractivity contribution in [1.82, 2.24) is 0 Å². The Kier molecular flexibility index (Phi) is 3.64. The second-order valence-electron chi connectivity index (χ2n) is 4.71. The molecule has 16 heavy (non-hydrogen) atoms. The smallest absolute Gasteiger partial charge is 0.336 e. The van der Waals surface area contributed by atoms with E-state index in [1.54, 1.807) is 13.8 Å². The molecule has 1 atom stereocenters. The number of carboxylic acids is 1. The Bertz CT molecular complexity index is 359. The van der Waals surface area contributed by atoms with Crippen molar-refractivity contribution in [3.63, 3.8) is 0 Å². The molecule has 5 nitrogen and oxygen atoms in total. The molecule has 0 aromatic heterocycles. The van der Waals surface area contributed by atoms with Crippen LogP contribution in [-0.2, 0) is 14.6 Å². The van der Waals surface area contributed by atoms with Gasteiger partial charge in [-0.15, -0.1) is 0 Å². The Morgan fingerprint density at radius 1 is 1.31 bits per heavy atom. The van der Waals surface area contributed by atoms with E-state index in [2.05, 4.69) is 0 Å². The summed E-state index contributed by atoms with van der Waals surface area (Å²) < 4.78 is 22.5. The zero-order valence-corrected chi connectivity index (χ0v) is 10.3. The minimum absolute atomic E-state index is 0.0278. The van der Waals surface area contributed by atoms with Crippen LogP contribution in [0.2, 0.25) is 0 Å². The largest absolute Gasteiger partial charge is 0.479 e. The molecule has 1 aliphatic heterocycles. The topological polar surface area (TPSA) is 91.7 Å². The summed E-state index contributed by atoms with van der Waals surface area (Å²) in [5.74, 6) is -2.23. The van der Waals surface area contributed by atoms with E-state index in [0.29, 0.717) is 0 Å². The van der Waals surface area contributed by atoms with E-state index in [4.69, 9.17) is 5.11 Å². The minimum atomic E-state index is -3.03. The fraction of sp³-hybridized carbons (Fsp3) is 0.900. The molecule has 0 spiro atoms. The SMILES string of the molecule is CC(C)C(O)(C(=O)O)C1CCS(=O)(=O)CC1. The zero-order valence-electron chi connectivity index (χ0n) is 9.51. The van der Waals surface area contributed by atoms with Crippen molar-refractivity contribution in [2.45, 2.75) is 32.3 Å². The van der Waals surface area contributed by atoms with E-state index >= 15 is 0 Å². The van der Waals surface area contributed by atoms with Crippen LogP contribution in [-0.4, -0.2) is 41.7 Å². The van der Waals surface area contributed by atoms with Gasteiger partial charge in [0, 0.05) is 5.92 Å². The first-order valence-electron chi connectivity index (χ1n) is 5.36. The maximum atomic E-state index is 11.2. The van der Waals surface area contributed by atoms with Crippen LogP contribution in [0.25, 0.3) is 0 Å². The van der Waals surface area contributed by atoms with Crippen molar-refractivity contribution in [1.29, 1.82) is 0 Å². The predicted molar refractivity (Wildman–Crippen MR) is 58.8 cm³/mol. The number of hydrogen-bond acceptors (Lipinski definition) is 4.